The minimum Gasteiger partial charge on any atom is -0.378 e. The van der Waals surface area contributed by atoms with E-state index in [-0.39, 0.29) is 11.9 Å². The summed E-state index contributed by atoms with van der Waals surface area (Å²) in [6.45, 7) is 6.45. The minimum atomic E-state index is 0.00334. The van der Waals surface area contributed by atoms with Crippen LogP contribution in [-0.2, 0) is 4.74 Å². The van der Waals surface area contributed by atoms with Crippen LogP contribution in [0.1, 0.15) is 24.2 Å². The quantitative estimate of drug-likeness (QED) is 0.792. The third kappa shape index (κ3) is 2.70. The first-order valence-electron chi connectivity index (χ1n) is 8.54. The Bertz CT molecular complexity index is 928. The third-order valence-electron chi connectivity index (χ3n) is 4.36. The van der Waals surface area contributed by atoms with Crippen LogP contribution in [0.3, 0.4) is 0 Å². The summed E-state index contributed by atoms with van der Waals surface area (Å²) in [5.74, 6) is 0.698. The highest BCUT2D eigenvalue weighted by Crippen LogP contribution is 2.31. The number of hydrogen-bond acceptors (Lipinski definition) is 5. The molecule has 0 unspecified atom stereocenters. The molecule has 0 spiro atoms. The first-order valence-corrected chi connectivity index (χ1v) is 8.54. The van der Waals surface area contributed by atoms with Crippen molar-refractivity contribution in [3.05, 3.63) is 36.3 Å². The molecule has 1 aliphatic rings. The number of hydrogen-bond donors (Lipinski definition) is 1. The maximum absolute atomic E-state index is 13.3. The average Bonchev–Trinajstić information content (AvgIpc) is 2.97. The molecule has 130 valence electrons. The van der Waals surface area contributed by atoms with Gasteiger partial charge in [0.2, 0.25) is 0 Å². The molecule has 4 heterocycles. The number of aromatic nitrogens is 3. The lowest BCUT2D eigenvalue weighted by Crippen LogP contribution is -2.40. The summed E-state index contributed by atoms with van der Waals surface area (Å²) in [4.78, 5) is 24.0. The summed E-state index contributed by atoms with van der Waals surface area (Å²) in [6.07, 6.45) is 3.47. The molecule has 1 saturated heterocycles. The number of nitrogens with one attached hydrogen (secondary N) is 1. The van der Waals surface area contributed by atoms with Gasteiger partial charge in [-0.05, 0) is 26.0 Å². The predicted molar refractivity (Wildman–Crippen MR) is 96.0 cm³/mol. The van der Waals surface area contributed by atoms with Crippen LogP contribution in [0, 0.1) is 0 Å². The molecule has 1 fully saturated rings. The van der Waals surface area contributed by atoms with Gasteiger partial charge in [-0.15, -0.1) is 0 Å². The maximum Gasteiger partial charge on any atom is 0.257 e. The van der Waals surface area contributed by atoms with Crippen LogP contribution in [-0.4, -0.2) is 57.5 Å². The molecule has 3 aromatic heterocycles. The zero-order chi connectivity index (χ0) is 17.4. The van der Waals surface area contributed by atoms with Crippen LogP contribution in [0.2, 0.25) is 0 Å². The Labute approximate surface area is 145 Å². The fourth-order valence-electron chi connectivity index (χ4n) is 3.27. The summed E-state index contributed by atoms with van der Waals surface area (Å²) in [5.41, 5.74) is 2.24. The van der Waals surface area contributed by atoms with Crippen LogP contribution in [0.5, 0.6) is 0 Å². The van der Waals surface area contributed by atoms with Gasteiger partial charge in [0.1, 0.15) is 12.1 Å². The Morgan fingerprint density at radius 3 is 2.80 bits per heavy atom. The molecule has 3 aromatic rings. The van der Waals surface area contributed by atoms with Gasteiger partial charge in [0.15, 0.2) is 5.65 Å². The van der Waals surface area contributed by atoms with E-state index in [4.69, 9.17) is 4.74 Å². The first-order chi connectivity index (χ1) is 12.2. The Morgan fingerprint density at radius 2 is 2.04 bits per heavy atom. The van der Waals surface area contributed by atoms with E-state index in [1.165, 1.54) is 6.33 Å². The van der Waals surface area contributed by atoms with Crippen LogP contribution >= 0.6 is 0 Å². The molecule has 0 atom stereocenters. The number of anilines is 1. The summed E-state index contributed by atoms with van der Waals surface area (Å²) in [6, 6.07) is 6.03. The first kappa shape index (κ1) is 15.8. The zero-order valence-electron chi connectivity index (χ0n) is 14.4. The van der Waals surface area contributed by atoms with E-state index in [0.717, 1.165) is 16.6 Å². The van der Waals surface area contributed by atoms with Crippen LogP contribution in [0.15, 0.2) is 30.7 Å². The van der Waals surface area contributed by atoms with Crippen LogP contribution in [0.4, 0.5) is 5.82 Å². The lowest BCUT2D eigenvalue weighted by atomic mass is 10.1. The summed E-state index contributed by atoms with van der Waals surface area (Å²) < 4.78 is 7.34. The van der Waals surface area contributed by atoms with Crippen molar-refractivity contribution < 1.29 is 9.53 Å². The normalized spacial score (nSPS) is 15.2. The van der Waals surface area contributed by atoms with Gasteiger partial charge >= 0.3 is 0 Å². The van der Waals surface area contributed by atoms with E-state index in [0.29, 0.717) is 37.7 Å². The van der Waals surface area contributed by atoms with Crippen molar-refractivity contribution in [3.63, 3.8) is 0 Å². The zero-order valence-corrected chi connectivity index (χ0v) is 14.4. The van der Waals surface area contributed by atoms with E-state index in [1.807, 2.05) is 47.5 Å². The number of nitrogens with zero attached hydrogens (tertiary/aromatic N) is 4. The molecular formula is C18H21N5O2. The Hall–Kier alpha value is -2.67. The maximum atomic E-state index is 13.3. The molecule has 4 rings (SSSR count). The van der Waals surface area contributed by atoms with E-state index in [2.05, 4.69) is 15.3 Å². The van der Waals surface area contributed by atoms with E-state index < -0.39 is 0 Å². The van der Waals surface area contributed by atoms with Crippen LogP contribution in [0.25, 0.3) is 16.6 Å². The van der Waals surface area contributed by atoms with Gasteiger partial charge in [-0.1, -0.05) is 6.07 Å². The number of fused-ring (bicyclic) bond motifs is 3. The smallest absolute Gasteiger partial charge is 0.257 e. The van der Waals surface area contributed by atoms with Gasteiger partial charge in [0.25, 0.3) is 5.91 Å². The second-order valence-electron chi connectivity index (χ2n) is 6.46. The van der Waals surface area contributed by atoms with E-state index in [1.54, 1.807) is 0 Å². The Kier molecular flexibility index (Phi) is 4.01. The van der Waals surface area contributed by atoms with Crippen molar-refractivity contribution in [2.24, 2.45) is 0 Å². The number of carbonyl (C=O) groups excluding carboxylic acids is 1. The lowest BCUT2D eigenvalue weighted by molar-refractivity contribution is 0.0305. The molecule has 25 heavy (non-hydrogen) atoms. The monoisotopic (exact) mass is 339 g/mol. The Morgan fingerprint density at radius 1 is 1.24 bits per heavy atom. The fourth-order valence-corrected chi connectivity index (χ4v) is 3.27. The largest absolute Gasteiger partial charge is 0.378 e. The molecule has 0 radical (unpaired) electrons. The van der Waals surface area contributed by atoms with Gasteiger partial charge in [-0.3, -0.25) is 4.79 Å². The highest BCUT2D eigenvalue weighted by Gasteiger charge is 2.27. The number of carbonyl (C=O) groups is 1. The number of amides is 1. The molecule has 7 heteroatoms. The molecule has 1 N–H and O–H groups in total. The molecule has 1 aliphatic heterocycles. The fraction of sp³-hybridized carbons (Fsp3) is 0.389. The van der Waals surface area contributed by atoms with E-state index >= 15 is 0 Å². The lowest BCUT2D eigenvalue weighted by Gasteiger charge is -2.27. The van der Waals surface area contributed by atoms with Gasteiger partial charge in [0, 0.05) is 25.3 Å². The average molecular weight is 339 g/mol. The van der Waals surface area contributed by atoms with Crippen molar-refractivity contribution in [1.29, 1.82) is 0 Å². The van der Waals surface area contributed by atoms with Crippen LogP contribution < -0.4 is 5.32 Å². The molecule has 0 aromatic carbocycles. The molecule has 0 aliphatic carbocycles. The number of morpholine rings is 1. The SMILES string of the molecule is CC(C)Nc1ncnc2c1c(C(=O)N1CCOCC1)c1ccccn12. The number of rotatable bonds is 3. The summed E-state index contributed by atoms with van der Waals surface area (Å²) >= 11 is 0. The standard InChI is InChI=1S/C18H21N5O2/c1-12(2)21-16-15-14(18(24)22-7-9-25-10-8-22)13-5-3-4-6-23(13)17(15)20-11-19-16/h3-6,11-12H,7-10H2,1-2H3,(H,19,20,21). The minimum absolute atomic E-state index is 0.00334. The molecular weight excluding hydrogens is 318 g/mol. The van der Waals surface area contributed by atoms with Gasteiger partial charge in [-0.2, -0.15) is 0 Å². The van der Waals surface area contributed by atoms with Crippen molar-refractivity contribution in [1.82, 2.24) is 19.3 Å². The summed E-state index contributed by atoms with van der Waals surface area (Å²) in [5, 5.41) is 4.12. The molecule has 0 saturated carbocycles. The summed E-state index contributed by atoms with van der Waals surface area (Å²) in [7, 11) is 0. The highest BCUT2D eigenvalue weighted by molar-refractivity contribution is 6.16. The van der Waals surface area contributed by atoms with Crippen molar-refractivity contribution in [2.75, 3.05) is 31.6 Å². The van der Waals surface area contributed by atoms with Crippen molar-refractivity contribution in [2.45, 2.75) is 19.9 Å². The number of pyridine rings is 1. The predicted octanol–water partition coefficient (Wildman–Crippen LogP) is 2.18. The second-order valence-corrected chi connectivity index (χ2v) is 6.46. The van der Waals surface area contributed by atoms with Crippen molar-refractivity contribution >= 4 is 28.3 Å². The third-order valence-corrected chi connectivity index (χ3v) is 4.36. The molecule has 7 nitrogen and oxygen atoms in total. The van der Waals surface area contributed by atoms with Gasteiger partial charge < -0.3 is 19.4 Å². The van der Waals surface area contributed by atoms with Gasteiger partial charge in [-0.25, -0.2) is 9.97 Å². The number of ether oxygens (including phenoxy) is 1. The molecule has 1 amide bonds. The highest BCUT2D eigenvalue weighted by atomic mass is 16.5. The second kappa shape index (κ2) is 6.33. The molecule has 0 bridgehead atoms. The topological polar surface area (TPSA) is 71.8 Å². The Balaban J connectivity index is 1.97. The van der Waals surface area contributed by atoms with Crippen molar-refractivity contribution in [3.8, 4) is 0 Å². The van der Waals surface area contributed by atoms with E-state index in [9.17, 15) is 4.79 Å². The van der Waals surface area contributed by atoms with Gasteiger partial charge in [0.05, 0.1) is 29.7 Å².